The highest BCUT2D eigenvalue weighted by atomic mass is 14.2. The Kier molecular flexibility index (Phi) is 32.9. The summed E-state index contributed by atoms with van der Waals surface area (Å²) in [7, 11) is 0. The summed E-state index contributed by atoms with van der Waals surface area (Å²) in [4.78, 5) is 0. The van der Waals surface area contributed by atoms with Crippen molar-refractivity contribution in [2.75, 3.05) is 0 Å². The molecule has 0 aromatic rings. The maximum atomic E-state index is 2.52. The summed E-state index contributed by atoms with van der Waals surface area (Å²) in [5.74, 6) is 3.77. The molecule has 0 rings (SSSR count). The second-order valence-corrected chi connectivity index (χ2v) is 15.2. The molecule has 0 aliphatic carbocycles. The van der Waals surface area contributed by atoms with Gasteiger partial charge in [-0.2, -0.15) is 0 Å². The third kappa shape index (κ3) is 32.7. The molecule has 0 spiro atoms. The Morgan fingerprint density at radius 1 is 0.220 bits per heavy atom. The molecule has 248 valence electrons. The molecular weight excluding hydrogens is 492 g/mol. The van der Waals surface area contributed by atoms with E-state index in [9.17, 15) is 0 Å². The average Bonchev–Trinajstić information content (AvgIpc) is 2.95. The van der Waals surface area contributed by atoms with Crippen LogP contribution in [0.1, 0.15) is 241 Å². The Bertz CT molecular complexity index is 425. The molecule has 0 heterocycles. The van der Waals surface area contributed by atoms with E-state index in [0.717, 1.165) is 23.7 Å². The zero-order valence-electron chi connectivity index (χ0n) is 30.2. The Balaban J connectivity index is 3.47. The van der Waals surface area contributed by atoms with Crippen molar-refractivity contribution < 1.29 is 0 Å². The Morgan fingerprint density at radius 3 is 0.610 bits per heavy atom. The van der Waals surface area contributed by atoms with Crippen LogP contribution in [-0.2, 0) is 0 Å². The van der Waals surface area contributed by atoms with Crippen molar-refractivity contribution in [2.45, 2.75) is 241 Å². The third-order valence-electron chi connectivity index (χ3n) is 10.3. The van der Waals surface area contributed by atoms with Gasteiger partial charge in [-0.05, 0) is 23.7 Å². The fraction of sp³-hybridized carbons (Fsp3) is 1.00. The highest BCUT2D eigenvalue weighted by molar-refractivity contribution is 4.62. The van der Waals surface area contributed by atoms with E-state index in [1.165, 1.54) is 199 Å². The zero-order valence-corrected chi connectivity index (χ0v) is 30.2. The predicted molar refractivity (Wildman–Crippen MR) is 191 cm³/mol. The van der Waals surface area contributed by atoms with Crippen LogP contribution >= 0.6 is 0 Å². The van der Waals surface area contributed by atoms with Gasteiger partial charge in [-0.25, -0.2) is 0 Å². The molecule has 41 heavy (non-hydrogen) atoms. The molecule has 0 heteroatoms. The van der Waals surface area contributed by atoms with E-state index < -0.39 is 0 Å². The maximum Gasteiger partial charge on any atom is -0.0443 e. The molecule has 0 saturated heterocycles. The van der Waals surface area contributed by atoms with Gasteiger partial charge in [0, 0.05) is 0 Å². The van der Waals surface area contributed by atoms with Crippen molar-refractivity contribution >= 4 is 0 Å². The molecular formula is C41H84. The summed E-state index contributed by atoms with van der Waals surface area (Å²) in [6.45, 7) is 14.7. The SMILES string of the molecule is CCCCCCCCCCCCC(C)CCCC(C)CCCC(C)CCCC(C)CCCCCCCCCCCC. The lowest BCUT2D eigenvalue weighted by Gasteiger charge is -2.17. The zero-order chi connectivity index (χ0) is 30.2. The minimum Gasteiger partial charge on any atom is -0.0654 e. The van der Waals surface area contributed by atoms with Crippen LogP contribution in [0.2, 0.25) is 0 Å². The molecule has 4 atom stereocenters. The molecule has 0 radical (unpaired) electrons. The van der Waals surface area contributed by atoms with Crippen molar-refractivity contribution in [3.63, 3.8) is 0 Å². The molecule has 0 nitrogen and oxygen atoms in total. The molecule has 0 aliphatic rings. The van der Waals surface area contributed by atoms with E-state index in [0.29, 0.717) is 0 Å². The normalized spacial score (nSPS) is 14.8. The quantitative estimate of drug-likeness (QED) is 0.0668. The standard InChI is InChI=1S/C41H84/c1-7-9-11-13-15-17-19-21-23-25-30-38(3)32-27-34-40(5)36-29-37-41(6)35-28-33-39(4)31-26-24-22-20-18-16-14-12-10-8-2/h38-41H,7-37H2,1-6H3. The van der Waals surface area contributed by atoms with Crippen LogP contribution in [0.15, 0.2) is 0 Å². The van der Waals surface area contributed by atoms with Gasteiger partial charge in [0.15, 0.2) is 0 Å². The second-order valence-electron chi connectivity index (χ2n) is 15.2. The van der Waals surface area contributed by atoms with Crippen molar-refractivity contribution in [1.82, 2.24) is 0 Å². The van der Waals surface area contributed by atoms with Gasteiger partial charge >= 0.3 is 0 Å². The van der Waals surface area contributed by atoms with Gasteiger partial charge in [0.25, 0.3) is 0 Å². The smallest absolute Gasteiger partial charge is 0.0443 e. The minimum absolute atomic E-state index is 0.938. The summed E-state index contributed by atoms with van der Waals surface area (Å²) in [5, 5.41) is 0. The molecule has 0 aromatic heterocycles. The Morgan fingerprint density at radius 2 is 0.390 bits per heavy atom. The van der Waals surface area contributed by atoms with E-state index >= 15 is 0 Å². The summed E-state index contributed by atoms with van der Waals surface area (Å²) < 4.78 is 0. The lowest BCUT2D eigenvalue weighted by Crippen LogP contribution is -2.02. The fourth-order valence-electron chi connectivity index (χ4n) is 6.98. The van der Waals surface area contributed by atoms with E-state index in [1.54, 1.807) is 0 Å². The summed E-state index contributed by atoms with van der Waals surface area (Å²) in [6, 6.07) is 0. The van der Waals surface area contributed by atoms with E-state index in [1.807, 2.05) is 0 Å². The van der Waals surface area contributed by atoms with Gasteiger partial charge in [0.1, 0.15) is 0 Å². The minimum atomic E-state index is 0.938. The Labute approximate surface area is 263 Å². The van der Waals surface area contributed by atoms with E-state index in [-0.39, 0.29) is 0 Å². The fourth-order valence-corrected chi connectivity index (χ4v) is 6.98. The lowest BCUT2D eigenvalue weighted by molar-refractivity contribution is 0.364. The van der Waals surface area contributed by atoms with Crippen LogP contribution < -0.4 is 0 Å². The first-order valence-corrected chi connectivity index (χ1v) is 20.0. The van der Waals surface area contributed by atoms with Crippen LogP contribution in [0.3, 0.4) is 0 Å². The first-order valence-electron chi connectivity index (χ1n) is 20.0. The van der Waals surface area contributed by atoms with Crippen molar-refractivity contribution in [2.24, 2.45) is 23.7 Å². The van der Waals surface area contributed by atoms with Gasteiger partial charge in [0.2, 0.25) is 0 Å². The van der Waals surface area contributed by atoms with Gasteiger partial charge in [0.05, 0.1) is 0 Å². The largest absolute Gasteiger partial charge is 0.0654 e. The van der Waals surface area contributed by atoms with Gasteiger partial charge < -0.3 is 0 Å². The second kappa shape index (κ2) is 32.9. The van der Waals surface area contributed by atoms with E-state index in [4.69, 9.17) is 0 Å². The highest BCUT2D eigenvalue weighted by Gasteiger charge is 2.09. The third-order valence-corrected chi connectivity index (χ3v) is 10.3. The van der Waals surface area contributed by atoms with Crippen LogP contribution in [0.5, 0.6) is 0 Å². The van der Waals surface area contributed by atoms with Crippen LogP contribution in [0.4, 0.5) is 0 Å². The van der Waals surface area contributed by atoms with Gasteiger partial charge in [-0.1, -0.05) is 241 Å². The molecule has 4 unspecified atom stereocenters. The highest BCUT2D eigenvalue weighted by Crippen LogP contribution is 2.24. The average molecular weight is 577 g/mol. The summed E-state index contributed by atoms with van der Waals surface area (Å²) in [6.07, 6.45) is 45.4. The van der Waals surface area contributed by atoms with Crippen LogP contribution in [0.25, 0.3) is 0 Å². The molecule has 0 amide bonds. The Hall–Kier alpha value is 0. The molecule has 0 saturated carbocycles. The summed E-state index contributed by atoms with van der Waals surface area (Å²) in [5.41, 5.74) is 0. The van der Waals surface area contributed by atoms with Gasteiger partial charge in [-0.3, -0.25) is 0 Å². The molecule has 0 aliphatic heterocycles. The molecule has 0 N–H and O–H groups in total. The number of rotatable bonds is 34. The van der Waals surface area contributed by atoms with Crippen molar-refractivity contribution in [3.05, 3.63) is 0 Å². The summed E-state index contributed by atoms with van der Waals surface area (Å²) >= 11 is 0. The molecule has 0 aromatic carbocycles. The van der Waals surface area contributed by atoms with Gasteiger partial charge in [-0.15, -0.1) is 0 Å². The van der Waals surface area contributed by atoms with Crippen LogP contribution in [-0.4, -0.2) is 0 Å². The number of hydrogen-bond acceptors (Lipinski definition) is 0. The predicted octanol–water partition coefficient (Wildman–Crippen LogP) is 15.7. The first kappa shape index (κ1) is 41.0. The molecule has 0 fully saturated rings. The van der Waals surface area contributed by atoms with Crippen LogP contribution in [0, 0.1) is 23.7 Å². The van der Waals surface area contributed by atoms with Crippen molar-refractivity contribution in [1.29, 1.82) is 0 Å². The van der Waals surface area contributed by atoms with Crippen molar-refractivity contribution in [3.8, 4) is 0 Å². The number of unbranched alkanes of at least 4 members (excludes halogenated alkanes) is 18. The monoisotopic (exact) mass is 577 g/mol. The topological polar surface area (TPSA) is 0 Å². The number of hydrogen-bond donors (Lipinski definition) is 0. The lowest BCUT2D eigenvalue weighted by atomic mass is 9.89. The molecule has 0 bridgehead atoms. The van der Waals surface area contributed by atoms with E-state index in [2.05, 4.69) is 41.5 Å². The maximum absolute atomic E-state index is 2.52. The first-order chi connectivity index (χ1) is 20.0.